The number of aromatic hydroxyl groups is 1. The topological polar surface area (TPSA) is 130 Å². The molecule has 2 aromatic carbocycles. The van der Waals surface area contributed by atoms with Crippen molar-refractivity contribution in [2.24, 2.45) is 0 Å². The van der Waals surface area contributed by atoms with Crippen molar-refractivity contribution in [1.29, 1.82) is 0 Å². The van der Waals surface area contributed by atoms with Gasteiger partial charge < -0.3 is 24.4 Å². The average molecular weight is 478 g/mol. The van der Waals surface area contributed by atoms with Crippen LogP contribution in [0, 0.1) is 27.7 Å². The molecule has 2 aromatic heterocycles. The molecule has 0 bridgehead atoms. The van der Waals surface area contributed by atoms with E-state index in [1.165, 1.54) is 12.1 Å². The molecule has 182 valence electrons. The second kappa shape index (κ2) is 9.29. The number of carboxylic acids is 1. The van der Waals surface area contributed by atoms with Crippen LogP contribution in [0.2, 0.25) is 0 Å². The number of nitrogens with one attached hydrogen (secondary N) is 1. The van der Waals surface area contributed by atoms with Gasteiger partial charge in [0.2, 0.25) is 5.91 Å². The highest BCUT2D eigenvalue weighted by Gasteiger charge is 2.22. The van der Waals surface area contributed by atoms with E-state index in [1.54, 1.807) is 12.1 Å². The average Bonchev–Trinajstić information content (AvgIpc) is 3.09. The Hall–Kier alpha value is -4.07. The van der Waals surface area contributed by atoms with Gasteiger partial charge in [-0.2, -0.15) is 0 Å². The number of aryl methyl sites for hydroxylation is 4. The largest absolute Gasteiger partial charge is 0.508 e. The number of hydrogen-bond donors (Lipinski definition) is 3. The molecule has 4 rings (SSSR count). The molecule has 1 atom stereocenters. The van der Waals surface area contributed by atoms with E-state index in [4.69, 9.17) is 8.83 Å². The van der Waals surface area contributed by atoms with Crippen LogP contribution >= 0.6 is 0 Å². The van der Waals surface area contributed by atoms with Gasteiger partial charge in [-0.1, -0.05) is 12.1 Å². The van der Waals surface area contributed by atoms with E-state index in [0.29, 0.717) is 22.3 Å². The molecule has 1 amide bonds. The van der Waals surface area contributed by atoms with Crippen LogP contribution in [-0.2, 0) is 22.4 Å². The van der Waals surface area contributed by atoms with Crippen molar-refractivity contribution in [3.05, 3.63) is 74.3 Å². The summed E-state index contributed by atoms with van der Waals surface area (Å²) >= 11 is 0. The summed E-state index contributed by atoms with van der Waals surface area (Å²) in [6, 6.07) is 6.93. The zero-order valence-corrected chi connectivity index (χ0v) is 20.0. The molecule has 0 aliphatic rings. The lowest BCUT2D eigenvalue weighted by Gasteiger charge is -2.15. The van der Waals surface area contributed by atoms with Gasteiger partial charge in [-0.05, 0) is 69.0 Å². The summed E-state index contributed by atoms with van der Waals surface area (Å²) in [6.07, 6.45) is 0.112. The molecule has 8 nitrogen and oxygen atoms in total. The Morgan fingerprint density at radius 3 is 2.23 bits per heavy atom. The van der Waals surface area contributed by atoms with E-state index in [1.807, 2.05) is 33.8 Å². The van der Waals surface area contributed by atoms with Gasteiger partial charge in [0.1, 0.15) is 28.7 Å². The van der Waals surface area contributed by atoms with Crippen LogP contribution in [0.1, 0.15) is 40.0 Å². The number of aliphatic carboxylic acids is 1. The van der Waals surface area contributed by atoms with Crippen LogP contribution in [0.5, 0.6) is 5.75 Å². The Kier molecular flexibility index (Phi) is 6.39. The van der Waals surface area contributed by atoms with Crippen LogP contribution in [0.3, 0.4) is 0 Å². The molecule has 35 heavy (non-hydrogen) atoms. The lowest BCUT2D eigenvalue weighted by molar-refractivity contribution is -0.141. The predicted molar refractivity (Wildman–Crippen MR) is 131 cm³/mol. The summed E-state index contributed by atoms with van der Waals surface area (Å²) in [6.45, 7) is 7.54. The van der Waals surface area contributed by atoms with Crippen molar-refractivity contribution in [3.8, 4) is 5.75 Å². The molecule has 0 radical (unpaired) electrons. The molecule has 0 spiro atoms. The quantitative estimate of drug-likeness (QED) is 0.340. The van der Waals surface area contributed by atoms with Gasteiger partial charge in [0, 0.05) is 34.7 Å². The zero-order valence-electron chi connectivity index (χ0n) is 20.0. The lowest BCUT2D eigenvalue weighted by atomic mass is 9.98. The van der Waals surface area contributed by atoms with E-state index >= 15 is 0 Å². The number of amides is 1. The first-order chi connectivity index (χ1) is 16.6. The molecule has 2 heterocycles. The number of furan rings is 1. The minimum atomic E-state index is -1.17. The van der Waals surface area contributed by atoms with Gasteiger partial charge in [-0.3, -0.25) is 4.79 Å². The second-order valence-corrected chi connectivity index (χ2v) is 8.86. The van der Waals surface area contributed by atoms with Gasteiger partial charge in [0.15, 0.2) is 0 Å². The maximum absolute atomic E-state index is 12.8. The lowest BCUT2D eigenvalue weighted by Crippen LogP contribution is -2.42. The summed E-state index contributed by atoms with van der Waals surface area (Å²) in [5.74, 6) is -0.778. The SMILES string of the molecule is Cc1oc2c(C)c3oc(=O)c(CCC(=O)N[C@@H](Cc4ccc(O)cc4)C(=O)O)c(C)c3cc2c1C. The number of carbonyl (C=O) groups excluding carboxylic acids is 1. The Morgan fingerprint density at radius 1 is 0.943 bits per heavy atom. The van der Waals surface area contributed by atoms with Crippen LogP contribution in [-0.4, -0.2) is 28.1 Å². The first-order valence-electron chi connectivity index (χ1n) is 11.3. The van der Waals surface area contributed by atoms with E-state index in [9.17, 15) is 24.6 Å². The Bertz CT molecular complexity index is 1510. The second-order valence-electron chi connectivity index (χ2n) is 8.86. The third-order valence-corrected chi connectivity index (χ3v) is 6.56. The fourth-order valence-corrected chi connectivity index (χ4v) is 4.35. The highest BCUT2D eigenvalue weighted by Crippen LogP contribution is 2.34. The standard InChI is InChI=1S/C27H27NO7/c1-13-16(4)34-24-15(3)25-21(12-20(13)24)14(2)19(27(33)35-25)9-10-23(30)28-22(26(31)32)11-17-5-7-18(29)8-6-17/h5-8,12,22,29H,9-11H2,1-4H3,(H,28,30)(H,31,32)/t22-/m0/s1. The fraction of sp³-hybridized carbons (Fsp3) is 0.296. The van der Waals surface area contributed by atoms with Crippen LogP contribution in [0.25, 0.3) is 21.9 Å². The Morgan fingerprint density at radius 2 is 1.57 bits per heavy atom. The van der Waals surface area contributed by atoms with Crippen molar-refractivity contribution < 1.29 is 28.6 Å². The minimum absolute atomic E-state index is 0.0667. The molecule has 0 saturated heterocycles. The minimum Gasteiger partial charge on any atom is -0.508 e. The fourth-order valence-electron chi connectivity index (χ4n) is 4.35. The first-order valence-corrected chi connectivity index (χ1v) is 11.3. The van der Waals surface area contributed by atoms with Gasteiger partial charge in [-0.15, -0.1) is 0 Å². The van der Waals surface area contributed by atoms with Gasteiger partial charge in [0.05, 0.1) is 0 Å². The Balaban J connectivity index is 1.56. The molecule has 8 heteroatoms. The van der Waals surface area contributed by atoms with E-state index in [-0.39, 0.29) is 25.0 Å². The predicted octanol–water partition coefficient (Wildman–Crippen LogP) is 4.22. The number of carbonyl (C=O) groups is 2. The summed E-state index contributed by atoms with van der Waals surface area (Å²) in [7, 11) is 0. The van der Waals surface area contributed by atoms with Gasteiger partial charge in [-0.25, -0.2) is 9.59 Å². The molecule has 4 aromatic rings. The summed E-state index contributed by atoms with van der Waals surface area (Å²) in [4.78, 5) is 37.0. The first kappa shape index (κ1) is 24.1. The molecule has 3 N–H and O–H groups in total. The number of rotatable bonds is 7. The monoisotopic (exact) mass is 477 g/mol. The molecule has 0 saturated carbocycles. The third kappa shape index (κ3) is 4.64. The Labute approximate surface area is 201 Å². The van der Waals surface area contributed by atoms with Crippen molar-refractivity contribution in [1.82, 2.24) is 5.32 Å². The van der Waals surface area contributed by atoms with E-state index in [0.717, 1.165) is 33.2 Å². The molecule has 0 unspecified atom stereocenters. The third-order valence-electron chi connectivity index (χ3n) is 6.56. The molecule has 0 aliphatic heterocycles. The molecular formula is C27H27NO7. The van der Waals surface area contributed by atoms with Crippen molar-refractivity contribution in [3.63, 3.8) is 0 Å². The van der Waals surface area contributed by atoms with E-state index < -0.39 is 23.5 Å². The maximum atomic E-state index is 12.8. The number of hydrogen-bond acceptors (Lipinski definition) is 6. The molecule has 0 aliphatic carbocycles. The van der Waals surface area contributed by atoms with Crippen LogP contribution in [0.4, 0.5) is 0 Å². The molecule has 0 fully saturated rings. The smallest absolute Gasteiger partial charge is 0.339 e. The van der Waals surface area contributed by atoms with Gasteiger partial charge >= 0.3 is 11.6 Å². The normalized spacial score (nSPS) is 12.2. The number of phenolic OH excluding ortho intramolecular Hbond substituents is 1. The highest BCUT2D eigenvalue weighted by molar-refractivity contribution is 6.00. The number of phenols is 1. The van der Waals surface area contributed by atoms with Crippen molar-refractivity contribution >= 4 is 33.8 Å². The maximum Gasteiger partial charge on any atom is 0.339 e. The van der Waals surface area contributed by atoms with Gasteiger partial charge in [0.25, 0.3) is 0 Å². The highest BCUT2D eigenvalue weighted by atomic mass is 16.4. The number of carboxylic acid groups (broad SMARTS) is 1. The van der Waals surface area contributed by atoms with Crippen molar-refractivity contribution in [2.45, 2.75) is 53.0 Å². The number of benzene rings is 2. The summed E-state index contributed by atoms with van der Waals surface area (Å²) < 4.78 is 11.5. The number of fused-ring (bicyclic) bond motifs is 2. The van der Waals surface area contributed by atoms with E-state index in [2.05, 4.69) is 5.32 Å². The zero-order chi connectivity index (χ0) is 25.4. The van der Waals surface area contributed by atoms with Crippen molar-refractivity contribution in [2.75, 3.05) is 0 Å². The summed E-state index contributed by atoms with van der Waals surface area (Å²) in [5, 5.41) is 23.2. The summed E-state index contributed by atoms with van der Waals surface area (Å²) in [5.41, 5.74) is 4.16. The van der Waals surface area contributed by atoms with Crippen LogP contribution < -0.4 is 10.9 Å². The van der Waals surface area contributed by atoms with Crippen LogP contribution in [0.15, 0.2) is 44.0 Å². The molecular weight excluding hydrogens is 450 g/mol.